The van der Waals surface area contributed by atoms with Crippen molar-refractivity contribution in [2.75, 3.05) is 0 Å². The van der Waals surface area contributed by atoms with Crippen molar-refractivity contribution in [3.8, 4) is 0 Å². The number of hydrogen-bond acceptors (Lipinski definition) is 2. The van der Waals surface area contributed by atoms with Gasteiger partial charge in [0.15, 0.2) is 0 Å². The summed E-state index contributed by atoms with van der Waals surface area (Å²) in [5, 5.41) is 0. The average molecular weight is 277 g/mol. The van der Waals surface area contributed by atoms with Crippen LogP contribution in [0.5, 0.6) is 0 Å². The van der Waals surface area contributed by atoms with E-state index in [1.54, 1.807) is 0 Å². The molecular formula is C12H17ClO3S. The Balaban J connectivity index is 0.00000144. The first-order valence-corrected chi connectivity index (χ1v) is 7.09. The molecule has 1 saturated carbocycles. The molecular weight excluding hydrogens is 260 g/mol. The lowest BCUT2D eigenvalue weighted by molar-refractivity contribution is 0.443. The molecule has 0 saturated heterocycles. The zero-order chi connectivity index (χ0) is 11.6. The van der Waals surface area contributed by atoms with Crippen LogP contribution in [0.2, 0.25) is 0 Å². The molecule has 1 aromatic rings. The molecule has 2 rings (SSSR count). The molecule has 0 bridgehead atoms. The predicted molar refractivity (Wildman–Crippen MR) is 69.3 cm³/mol. The summed E-state index contributed by atoms with van der Waals surface area (Å²) in [6.07, 6.45) is 6.19. The van der Waals surface area contributed by atoms with E-state index in [1.165, 1.54) is 49.8 Å². The van der Waals surface area contributed by atoms with E-state index in [-0.39, 0.29) is 17.3 Å². The summed E-state index contributed by atoms with van der Waals surface area (Å²) in [7, 11) is -4.05. The Kier molecular flexibility index (Phi) is 4.98. The van der Waals surface area contributed by atoms with Gasteiger partial charge in [0.25, 0.3) is 10.1 Å². The fraction of sp³-hybridized carbons (Fsp3) is 0.500. The lowest BCUT2D eigenvalue weighted by Crippen LogP contribution is -2.05. The van der Waals surface area contributed by atoms with Crippen LogP contribution in [0.3, 0.4) is 0 Å². The van der Waals surface area contributed by atoms with E-state index >= 15 is 0 Å². The molecule has 0 spiro atoms. The van der Waals surface area contributed by atoms with Gasteiger partial charge in [-0.2, -0.15) is 8.42 Å². The van der Waals surface area contributed by atoms with Gasteiger partial charge in [-0.25, -0.2) is 0 Å². The highest BCUT2D eigenvalue weighted by atomic mass is 35.5. The van der Waals surface area contributed by atoms with Gasteiger partial charge in [-0.05, 0) is 36.5 Å². The minimum absolute atomic E-state index is 0. The number of rotatable bonds is 2. The van der Waals surface area contributed by atoms with E-state index in [1.807, 2.05) is 12.1 Å². The van der Waals surface area contributed by atoms with Crippen LogP contribution < -0.4 is 0 Å². The van der Waals surface area contributed by atoms with E-state index in [0.29, 0.717) is 5.92 Å². The minimum Gasteiger partial charge on any atom is -0.282 e. The standard InChI is InChI=1S/C12H16O3S.ClH/c13-16(14,15)12-8-6-11(7-9-12)10-4-2-1-3-5-10;/h6-10H,1-5H2,(H,13,14,15);1H. The van der Waals surface area contributed by atoms with E-state index in [9.17, 15) is 8.42 Å². The first-order valence-electron chi connectivity index (χ1n) is 5.65. The summed E-state index contributed by atoms with van der Waals surface area (Å²) >= 11 is 0. The average Bonchev–Trinajstić information content (AvgIpc) is 2.29. The van der Waals surface area contributed by atoms with Crippen molar-refractivity contribution >= 4 is 22.5 Å². The van der Waals surface area contributed by atoms with Crippen molar-refractivity contribution in [1.82, 2.24) is 0 Å². The van der Waals surface area contributed by atoms with Gasteiger partial charge in [-0.15, -0.1) is 12.4 Å². The van der Waals surface area contributed by atoms with Crippen molar-refractivity contribution in [3.05, 3.63) is 29.8 Å². The van der Waals surface area contributed by atoms with Crippen LogP contribution >= 0.6 is 12.4 Å². The second kappa shape index (κ2) is 5.85. The van der Waals surface area contributed by atoms with Gasteiger partial charge in [-0.3, -0.25) is 4.55 Å². The Morgan fingerprint density at radius 3 is 2.00 bits per heavy atom. The summed E-state index contributed by atoms with van der Waals surface area (Å²) in [5.41, 5.74) is 1.19. The van der Waals surface area contributed by atoms with Crippen LogP contribution in [0.25, 0.3) is 0 Å². The van der Waals surface area contributed by atoms with Gasteiger partial charge in [0.05, 0.1) is 4.90 Å². The molecule has 1 N–H and O–H groups in total. The second-order valence-electron chi connectivity index (χ2n) is 4.38. The smallest absolute Gasteiger partial charge is 0.282 e. The van der Waals surface area contributed by atoms with Gasteiger partial charge in [0.1, 0.15) is 0 Å². The summed E-state index contributed by atoms with van der Waals surface area (Å²) in [6.45, 7) is 0. The van der Waals surface area contributed by atoms with Crippen LogP contribution in [0, 0.1) is 0 Å². The molecule has 3 nitrogen and oxygen atoms in total. The molecule has 1 aliphatic rings. The van der Waals surface area contributed by atoms with Gasteiger partial charge in [0, 0.05) is 0 Å². The molecule has 1 fully saturated rings. The summed E-state index contributed by atoms with van der Waals surface area (Å²) in [6, 6.07) is 6.61. The fourth-order valence-electron chi connectivity index (χ4n) is 2.35. The Morgan fingerprint density at radius 2 is 1.53 bits per heavy atom. The van der Waals surface area contributed by atoms with Gasteiger partial charge >= 0.3 is 0 Å². The van der Waals surface area contributed by atoms with E-state index < -0.39 is 10.1 Å². The van der Waals surface area contributed by atoms with Gasteiger partial charge < -0.3 is 0 Å². The zero-order valence-corrected chi connectivity index (χ0v) is 11.1. The molecule has 0 heterocycles. The van der Waals surface area contributed by atoms with E-state index in [2.05, 4.69) is 0 Å². The summed E-state index contributed by atoms with van der Waals surface area (Å²) in [5.74, 6) is 0.559. The van der Waals surface area contributed by atoms with Crippen LogP contribution in [0.15, 0.2) is 29.2 Å². The molecule has 0 atom stereocenters. The third-order valence-corrected chi connectivity index (χ3v) is 4.12. The molecule has 17 heavy (non-hydrogen) atoms. The molecule has 0 radical (unpaired) electrons. The maximum atomic E-state index is 10.9. The van der Waals surface area contributed by atoms with Crippen LogP contribution in [0.4, 0.5) is 0 Å². The van der Waals surface area contributed by atoms with Crippen LogP contribution in [-0.2, 0) is 10.1 Å². The van der Waals surface area contributed by atoms with Gasteiger partial charge in [-0.1, -0.05) is 31.4 Å². The van der Waals surface area contributed by atoms with Crippen LogP contribution in [0.1, 0.15) is 43.6 Å². The molecule has 1 aromatic carbocycles. The fourth-order valence-corrected chi connectivity index (χ4v) is 2.83. The maximum absolute atomic E-state index is 10.9. The largest absolute Gasteiger partial charge is 0.294 e. The highest BCUT2D eigenvalue weighted by Crippen LogP contribution is 2.32. The lowest BCUT2D eigenvalue weighted by atomic mass is 9.84. The third kappa shape index (κ3) is 3.69. The highest BCUT2D eigenvalue weighted by molar-refractivity contribution is 7.85. The monoisotopic (exact) mass is 276 g/mol. The Morgan fingerprint density at radius 1 is 1.00 bits per heavy atom. The SMILES string of the molecule is Cl.O=S(=O)(O)c1ccc(C2CCCCC2)cc1. The Bertz CT molecular complexity index is 447. The highest BCUT2D eigenvalue weighted by Gasteiger charge is 2.16. The van der Waals surface area contributed by atoms with Crippen LogP contribution in [-0.4, -0.2) is 13.0 Å². The second-order valence-corrected chi connectivity index (χ2v) is 5.80. The maximum Gasteiger partial charge on any atom is 0.294 e. The lowest BCUT2D eigenvalue weighted by Gasteiger charge is -2.21. The third-order valence-electron chi connectivity index (χ3n) is 3.25. The summed E-state index contributed by atoms with van der Waals surface area (Å²) in [4.78, 5) is -0.0212. The van der Waals surface area contributed by atoms with E-state index in [0.717, 1.165) is 0 Å². The normalized spacial score (nSPS) is 17.5. The molecule has 1 aliphatic carbocycles. The topological polar surface area (TPSA) is 54.4 Å². The minimum atomic E-state index is -4.05. The van der Waals surface area contributed by atoms with Crippen molar-refractivity contribution in [2.45, 2.75) is 42.9 Å². The van der Waals surface area contributed by atoms with E-state index in [4.69, 9.17) is 4.55 Å². The number of hydrogen-bond donors (Lipinski definition) is 1. The van der Waals surface area contributed by atoms with Crippen molar-refractivity contribution in [1.29, 1.82) is 0 Å². The Labute approximate surface area is 108 Å². The number of halogens is 1. The summed E-state index contributed by atoms with van der Waals surface area (Å²) < 4.78 is 30.6. The molecule has 5 heteroatoms. The molecule has 0 amide bonds. The number of benzene rings is 1. The predicted octanol–water partition coefficient (Wildman–Crippen LogP) is 3.40. The molecule has 96 valence electrons. The molecule has 0 aromatic heterocycles. The van der Waals surface area contributed by atoms with Crippen molar-refractivity contribution in [2.24, 2.45) is 0 Å². The first-order chi connectivity index (χ1) is 7.57. The van der Waals surface area contributed by atoms with Crippen molar-refractivity contribution in [3.63, 3.8) is 0 Å². The van der Waals surface area contributed by atoms with Gasteiger partial charge in [0.2, 0.25) is 0 Å². The molecule has 0 aliphatic heterocycles. The zero-order valence-electron chi connectivity index (χ0n) is 9.50. The quantitative estimate of drug-likeness (QED) is 0.842. The van der Waals surface area contributed by atoms with Crippen molar-refractivity contribution < 1.29 is 13.0 Å². The Hall–Kier alpha value is -0.580. The molecule has 0 unspecified atom stereocenters. The first kappa shape index (κ1) is 14.5.